The first-order valence-corrected chi connectivity index (χ1v) is 6.91. The molecule has 0 saturated carbocycles. The molecule has 0 amide bonds. The lowest BCUT2D eigenvalue weighted by molar-refractivity contribution is 0.581. The van der Waals surface area contributed by atoms with Crippen molar-refractivity contribution in [3.05, 3.63) is 48.6 Å². The van der Waals surface area contributed by atoms with Gasteiger partial charge in [0.2, 0.25) is 10.0 Å². The SMILES string of the molecule is C=CCCNS(=O)(=O)CCc1ccccc1. The zero-order valence-electron chi connectivity index (χ0n) is 9.22. The van der Waals surface area contributed by atoms with Crippen molar-refractivity contribution >= 4 is 10.0 Å². The Hall–Kier alpha value is -1.13. The van der Waals surface area contributed by atoms with Gasteiger partial charge >= 0.3 is 0 Å². The molecule has 3 nitrogen and oxygen atoms in total. The van der Waals surface area contributed by atoms with E-state index in [-0.39, 0.29) is 5.75 Å². The van der Waals surface area contributed by atoms with Crippen LogP contribution in [0.2, 0.25) is 0 Å². The van der Waals surface area contributed by atoms with E-state index >= 15 is 0 Å². The molecular formula is C12H17NO2S. The van der Waals surface area contributed by atoms with E-state index in [1.54, 1.807) is 6.08 Å². The van der Waals surface area contributed by atoms with E-state index in [4.69, 9.17) is 0 Å². The topological polar surface area (TPSA) is 46.2 Å². The highest BCUT2D eigenvalue weighted by atomic mass is 32.2. The van der Waals surface area contributed by atoms with Gasteiger partial charge in [0.25, 0.3) is 0 Å². The Morgan fingerprint density at radius 3 is 2.56 bits per heavy atom. The van der Waals surface area contributed by atoms with Crippen LogP contribution in [0, 0.1) is 0 Å². The Bertz CT molecular complexity index is 412. The molecule has 0 aromatic heterocycles. The van der Waals surface area contributed by atoms with Crippen molar-refractivity contribution in [3.8, 4) is 0 Å². The van der Waals surface area contributed by atoms with Crippen molar-refractivity contribution in [1.29, 1.82) is 0 Å². The van der Waals surface area contributed by atoms with Crippen molar-refractivity contribution < 1.29 is 8.42 Å². The van der Waals surface area contributed by atoms with Crippen LogP contribution in [0.25, 0.3) is 0 Å². The standard InChI is InChI=1S/C12H17NO2S/c1-2-3-10-13-16(14,15)11-9-12-7-5-4-6-8-12/h2,4-8,13H,1,3,9-11H2. The molecular weight excluding hydrogens is 222 g/mol. The van der Waals surface area contributed by atoms with E-state index in [0.717, 1.165) is 5.56 Å². The number of hydrogen-bond acceptors (Lipinski definition) is 2. The minimum atomic E-state index is -3.15. The third-order valence-electron chi connectivity index (χ3n) is 2.17. The predicted octanol–water partition coefficient (Wildman–Crippen LogP) is 1.72. The highest BCUT2D eigenvalue weighted by Gasteiger charge is 2.08. The average Bonchev–Trinajstić information content (AvgIpc) is 2.28. The molecule has 16 heavy (non-hydrogen) atoms. The molecule has 0 aliphatic carbocycles. The zero-order chi connectivity index (χ0) is 11.9. The summed E-state index contributed by atoms with van der Waals surface area (Å²) in [6.07, 6.45) is 2.90. The number of benzene rings is 1. The molecule has 0 saturated heterocycles. The molecule has 0 atom stereocenters. The second-order valence-electron chi connectivity index (χ2n) is 3.53. The van der Waals surface area contributed by atoms with E-state index < -0.39 is 10.0 Å². The third kappa shape index (κ3) is 5.09. The van der Waals surface area contributed by atoms with E-state index in [0.29, 0.717) is 19.4 Å². The van der Waals surface area contributed by atoms with E-state index in [1.807, 2.05) is 30.3 Å². The molecule has 0 radical (unpaired) electrons. The highest BCUT2D eigenvalue weighted by molar-refractivity contribution is 7.89. The smallest absolute Gasteiger partial charge is 0.211 e. The Labute approximate surface area is 97.2 Å². The number of aryl methyl sites for hydroxylation is 1. The van der Waals surface area contributed by atoms with Crippen LogP contribution in [0.3, 0.4) is 0 Å². The molecule has 0 aliphatic heterocycles. The number of hydrogen-bond donors (Lipinski definition) is 1. The Morgan fingerprint density at radius 2 is 1.94 bits per heavy atom. The maximum Gasteiger partial charge on any atom is 0.211 e. The fourth-order valence-corrected chi connectivity index (χ4v) is 2.36. The summed E-state index contributed by atoms with van der Waals surface area (Å²) >= 11 is 0. The lowest BCUT2D eigenvalue weighted by Crippen LogP contribution is -2.27. The number of rotatable bonds is 7. The summed E-state index contributed by atoms with van der Waals surface area (Å²) in [5.74, 6) is 0.133. The highest BCUT2D eigenvalue weighted by Crippen LogP contribution is 2.01. The fraction of sp³-hybridized carbons (Fsp3) is 0.333. The van der Waals surface area contributed by atoms with Crippen LogP contribution in [-0.4, -0.2) is 20.7 Å². The van der Waals surface area contributed by atoms with Crippen LogP contribution in [0.15, 0.2) is 43.0 Å². The summed E-state index contributed by atoms with van der Waals surface area (Å²) < 4.78 is 25.6. The molecule has 0 aliphatic rings. The Morgan fingerprint density at radius 1 is 1.25 bits per heavy atom. The molecule has 1 N–H and O–H groups in total. The summed E-state index contributed by atoms with van der Waals surface area (Å²) in [5.41, 5.74) is 1.04. The van der Waals surface area contributed by atoms with Crippen LogP contribution < -0.4 is 4.72 Å². The second kappa shape index (κ2) is 6.45. The largest absolute Gasteiger partial charge is 0.215 e. The van der Waals surface area contributed by atoms with Crippen molar-refractivity contribution in [1.82, 2.24) is 4.72 Å². The van der Waals surface area contributed by atoms with Gasteiger partial charge in [-0.05, 0) is 18.4 Å². The maximum absolute atomic E-state index is 11.5. The summed E-state index contributed by atoms with van der Waals surface area (Å²) in [6.45, 7) is 3.97. The van der Waals surface area contributed by atoms with Crippen molar-refractivity contribution in [3.63, 3.8) is 0 Å². The van der Waals surface area contributed by atoms with Gasteiger partial charge in [-0.2, -0.15) is 0 Å². The molecule has 88 valence electrons. The average molecular weight is 239 g/mol. The van der Waals surface area contributed by atoms with Crippen LogP contribution in [-0.2, 0) is 16.4 Å². The first kappa shape index (κ1) is 12.9. The second-order valence-corrected chi connectivity index (χ2v) is 5.45. The van der Waals surface area contributed by atoms with E-state index in [9.17, 15) is 8.42 Å². The monoisotopic (exact) mass is 239 g/mol. The van der Waals surface area contributed by atoms with Gasteiger partial charge in [0, 0.05) is 6.54 Å². The quantitative estimate of drug-likeness (QED) is 0.582. The van der Waals surface area contributed by atoms with E-state index in [2.05, 4.69) is 11.3 Å². The fourth-order valence-electron chi connectivity index (χ4n) is 1.29. The van der Waals surface area contributed by atoms with Gasteiger partial charge in [-0.3, -0.25) is 0 Å². The summed E-state index contributed by atoms with van der Waals surface area (Å²) in [5, 5.41) is 0. The zero-order valence-corrected chi connectivity index (χ0v) is 10.0. The first-order valence-electron chi connectivity index (χ1n) is 5.26. The first-order chi connectivity index (χ1) is 7.64. The molecule has 1 aromatic rings. The van der Waals surface area contributed by atoms with Crippen LogP contribution in [0.1, 0.15) is 12.0 Å². The van der Waals surface area contributed by atoms with Crippen molar-refractivity contribution in [2.24, 2.45) is 0 Å². The normalized spacial score (nSPS) is 11.2. The van der Waals surface area contributed by atoms with Gasteiger partial charge in [0.05, 0.1) is 5.75 Å². The third-order valence-corrected chi connectivity index (χ3v) is 3.56. The van der Waals surface area contributed by atoms with Gasteiger partial charge in [-0.1, -0.05) is 36.4 Å². The minimum Gasteiger partial charge on any atom is -0.215 e. The molecule has 1 aromatic carbocycles. The molecule has 0 heterocycles. The Balaban J connectivity index is 2.39. The molecule has 0 fully saturated rings. The summed E-state index contributed by atoms with van der Waals surface area (Å²) in [4.78, 5) is 0. The van der Waals surface area contributed by atoms with Crippen LogP contribution >= 0.6 is 0 Å². The molecule has 0 bridgehead atoms. The lowest BCUT2D eigenvalue weighted by Gasteiger charge is -2.05. The Kier molecular flexibility index (Phi) is 5.22. The summed E-state index contributed by atoms with van der Waals surface area (Å²) in [6, 6.07) is 9.60. The van der Waals surface area contributed by atoms with Gasteiger partial charge < -0.3 is 0 Å². The lowest BCUT2D eigenvalue weighted by atomic mass is 10.2. The maximum atomic E-state index is 11.5. The van der Waals surface area contributed by atoms with E-state index in [1.165, 1.54) is 0 Å². The van der Waals surface area contributed by atoms with Crippen LogP contribution in [0.4, 0.5) is 0 Å². The number of sulfonamides is 1. The molecule has 4 heteroatoms. The van der Waals surface area contributed by atoms with Crippen molar-refractivity contribution in [2.75, 3.05) is 12.3 Å². The van der Waals surface area contributed by atoms with Gasteiger partial charge in [0.15, 0.2) is 0 Å². The molecule has 0 unspecified atom stereocenters. The number of nitrogens with one attached hydrogen (secondary N) is 1. The molecule has 1 rings (SSSR count). The van der Waals surface area contributed by atoms with Crippen molar-refractivity contribution in [2.45, 2.75) is 12.8 Å². The predicted molar refractivity (Wildman–Crippen MR) is 66.7 cm³/mol. The van der Waals surface area contributed by atoms with Gasteiger partial charge in [-0.25, -0.2) is 13.1 Å². The summed E-state index contributed by atoms with van der Waals surface area (Å²) in [7, 11) is -3.15. The minimum absolute atomic E-state index is 0.133. The van der Waals surface area contributed by atoms with Crippen LogP contribution in [0.5, 0.6) is 0 Å². The van der Waals surface area contributed by atoms with Gasteiger partial charge in [-0.15, -0.1) is 6.58 Å². The van der Waals surface area contributed by atoms with Gasteiger partial charge in [0.1, 0.15) is 0 Å². The molecule has 0 spiro atoms.